The predicted molar refractivity (Wildman–Crippen MR) is 80.4 cm³/mol. The molecule has 1 saturated heterocycles. The van der Waals surface area contributed by atoms with Crippen LogP contribution < -0.4 is 5.32 Å². The molecule has 1 saturated carbocycles. The third kappa shape index (κ3) is 3.20. The van der Waals surface area contributed by atoms with Gasteiger partial charge in [0.05, 0.1) is 6.07 Å². The molecule has 0 amide bonds. The summed E-state index contributed by atoms with van der Waals surface area (Å²) in [6.45, 7) is 5.06. The molecule has 0 spiro atoms. The summed E-state index contributed by atoms with van der Waals surface area (Å²) in [5, 5.41) is 13.0. The number of nitrogens with one attached hydrogen (secondary N) is 1. The van der Waals surface area contributed by atoms with E-state index in [1.54, 1.807) is 0 Å². The highest BCUT2D eigenvalue weighted by atomic mass is 15.2. The fourth-order valence-electron chi connectivity index (χ4n) is 3.21. The average Bonchev–Trinajstić information content (AvgIpc) is 3.15. The lowest BCUT2D eigenvalue weighted by molar-refractivity contribution is 0.257. The number of benzene rings is 1. The van der Waals surface area contributed by atoms with Crippen LogP contribution in [0.2, 0.25) is 0 Å². The van der Waals surface area contributed by atoms with Crippen LogP contribution >= 0.6 is 0 Å². The van der Waals surface area contributed by atoms with Gasteiger partial charge in [-0.15, -0.1) is 0 Å². The van der Waals surface area contributed by atoms with Crippen LogP contribution in [0.25, 0.3) is 0 Å². The van der Waals surface area contributed by atoms with Crippen molar-refractivity contribution in [3.8, 4) is 6.07 Å². The summed E-state index contributed by atoms with van der Waals surface area (Å²) in [6, 6.07) is 13.8. The molecule has 0 bridgehead atoms. The number of hydrogen-bond acceptors (Lipinski definition) is 3. The molecule has 2 unspecified atom stereocenters. The largest absolute Gasteiger partial charge is 0.300 e. The molecule has 0 aromatic heterocycles. The number of likely N-dealkylation sites (tertiary alicyclic amines) is 1. The van der Waals surface area contributed by atoms with Crippen molar-refractivity contribution in [3.63, 3.8) is 0 Å². The monoisotopic (exact) mass is 269 g/mol. The fraction of sp³-hybridized carbons (Fsp3) is 0.588. The van der Waals surface area contributed by atoms with Crippen LogP contribution in [0.1, 0.15) is 37.7 Å². The molecule has 2 fully saturated rings. The summed E-state index contributed by atoms with van der Waals surface area (Å²) in [5.41, 5.74) is 1.04. The van der Waals surface area contributed by atoms with E-state index in [1.807, 2.05) is 6.92 Å². The van der Waals surface area contributed by atoms with Gasteiger partial charge < -0.3 is 0 Å². The molecule has 2 aliphatic rings. The van der Waals surface area contributed by atoms with E-state index in [0.29, 0.717) is 12.0 Å². The van der Waals surface area contributed by atoms with E-state index >= 15 is 0 Å². The molecule has 1 aromatic rings. The summed E-state index contributed by atoms with van der Waals surface area (Å²) in [7, 11) is 0. The molecular formula is C17H23N3. The average molecular weight is 269 g/mol. The van der Waals surface area contributed by atoms with Crippen molar-refractivity contribution in [1.82, 2.24) is 10.2 Å². The van der Waals surface area contributed by atoms with Gasteiger partial charge in [-0.25, -0.2) is 0 Å². The molecule has 1 aromatic carbocycles. The predicted octanol–water partition coefficient (Wildman–Crippen LogP) is 2.51. The zero-order valence-corrected chi connectivity index (χ0v) is 12.2. The van der Waals surface area contributed by atoms with E-state index in [2.05, 4.69) is 46.6 Å². The van der Waals surface area contributed by atoms with E-state index in [-0.39, 0.29) is 0 Å². The van der Waals surface area contributed by atoms with Crippen molar-refractivity contribution in [2.75, 3.05) is 19.6 Å². The second kappa shape index (κ2) is 5.55. The highest BCUT2D eigenvalue weighted by molar-refractivity contribution is 5.21. The maximum absolute atomic E-state index is 9.47. The van der Waals surface area contributed by atoms with Crippen LogP contribution in [0.3, 0.4) is 0 Å². The van der Waals surface area contributed by atoms with Crippen LogP contribution in [0.15, 0.2) is 30.3 Å². The minimum absolute atomic E-state index is 0.396. The smallest absolute Gasteiger partial charge is 0.116 e. The maximum atomic E-state index is 9.47. The summed E-state index contributed by atoms with van der Waals surface area (Å²) in [6.07, 6.45) is 3.66. The van der Waals surface area contributed by atoms with Gasteiger partial charge in [0.25, 0.3) is 0 Å². The SMILES string of the molecule is CC(C#N)(CN1CCC(c2ccccc2)C1)NC1CC1. The van der Waals surface area contributed by atoms with E-state index in [1.165, 1.54) is 24.8 Å². The first-order valence-electron chi connectivity index (χ1n) is 7.65. The molecule has 106 valence electrons. The Morgan fingerprint density at radius 1 is 1.30 bits per heavy atom. The Bertz CT molecular complexity index is 489. The van der Waals surface area contributed by atoms with Crippen LogP contribution in [-0.4, -0.2) is 36.1 Å². The van der Waals surface area contributed by atoms with Crippen molar-refractivity contribution >= 4 is 0 Å². The van der Waals surface area contributed by atoms with E-state index in [0.717, 1.165) is 19.6 Å². The first-order chi connectivity index (χ1) is 9.68. The first-order valence-corrected chi connectivity index (χ1v) is 7.65. The van der Waals surface area contributed by atoms with E-state index in [9.17, 15) is 5.26 Å². The molecule has 3 nitrogen and oxygen atoms in total. The molecule has 1 aliphatic heterocycles. The summed E-state index contributed by atoms with van der Waals surface area (Å²) in [4.78, 5) is 2.44. The zero-order chi connectivity index (χ0) is 14.0. The van der Waals surface area contributed by atoms with Gasteiger partial charge in [0.15, 0.2) is 0 Å². The van der Waals surface area contributed by atoms with E-state index in [4.69, 9.17) is 0 Å². The second-order valence-corrected chi connectivity index (χ2v) is 6.49. The Balaban J connectivity index is 1.58. The molecule has 3 heteroatoms. The van der Waals surface area contributed by atoms with Gasteiger partial charge in [0, 0.05) is 19.1 Å². The van der Waals surface area contributed by atoms with Gasteiger partial charge in [-0.05, 0) is 44.2 Å². The van der Waals surface area contributed by atoms with Gasteiger partial charge in [0.2, 0.25) is 0 Å². The molecule has 0 radical (unpaired) electrons. The van der Waals surface area contributed by atoms with E-state index < -0.39 is 5.54 Å². The van der Waals surface area contributed by atoms with Crippen LogP contribution in [0.4, 0.5) is 0 Å². The standard InChI is InChI=1S/C17H23N3/c1-17(12-18,19-16-7-8-16)13-20-10-9-15(11-20)14-5-3-2-4-6-14/h2-6,15-16,19H,7-11,13H2,1H3. The van der Waals surface area contributed by atoms with Gasteiger partial charge >= 0.3 is 0 Å². The van der Waals surface area contributed by atoms with Crippen molar-refractivity contribution < 1.29 is 0 Å². The summed E-state index contributed by atoms with van der Waals surface area (Å²) >= 11 is 0. The van der Waals surface area contributed by atoms with Crippen LogP contribution in [-0.2, 0) is 0 Å². The Hall–Kier alpha value is -1.37. The normalized spacial score (nSPS) is 26.1. The molecule has 1 N–H and O–H groups in total. The van der Waals surface area contributed by atoms with Crippen molar-refractivity contribution in [1.29, 1.82) is 5.26 Å². The van der Waals surface area contributed by atoms with Gasteiger partial charge in [-0.3, -0.25) is 10.2 Å². The number of nitriles is 1. The first kappa shape index (κ1) is 13.6. The quantitative estimate of drug-likeness (QED) is 0.892. The molecule has 20 heavy (non-hydrogen) atoms. The lowest BCUT2D eigenvalue weighted by Gasteiger charge is -2.29. The Kier molecular flexibility index (Phi) is 3.78. The third-order valence-electron chi connectivity index (χ3n) is 4.43. The lowest BCUT2D eigenvalue weighted by atomic mass is 9.98. The Morgan fingerprint density at radius 2 is 2.05 bits per heavy atom. The third-order valence-corrected chi connectivity index (χ3v) is 4.43. The number of hydrogen-bond donors (Lipinski definition) is 1. The summed E-state index contributed by atoms with van der Waals surface area (Å²) in [5.74, 6) is 0.625. The molecule has 3 rings (SSSR count). The number of nitrogens with zero attached hydrogens (tertiary/aromatic N) is 2. The van der Waals surface area contributed by atoms with Gasteiger partial charge in [0.1, 0.15) is 5.54 Å². The second-order valence-electron chi connectivity index (χ2n) is 6.49. The van der Waals surface area contributed by atoms with Crippen molar-refractivity contribution in [2.45, 2.75) is 43.7 Å². The lowest BCUT2D eigenvalue weighted by Crippen LogP contribution is -2.50. The minimum atomic E-state index is -0.396. The minimum Gasteiger partial charge on any atom is -0.300 e. The van der Waals surface area contributed by atoms with Gasteiger partial charge in [-0.2, -0.15) is 5.26 Å². The molecule has 1 heterocycles. The van der Waals surface area contributed by atoms with Gasteiger partial charge in [-0.1, -0.05) is 30.3 Å². The zero-order valence-electron chi connectivity index (χ0n) is 12.2. The number of rotatable bonds is 5. The van der Waals surface area contributed by atoms with Crippen molar-refractivity contribution in [2.24, 2.45) is 0 Å². The Morgan fingerprint density at radius 3 is 2.70 bits per heavy atom. The maximum Gasteiger partial charge on any atom is 0.116 e. The Labute approximate surface area is 121 Å². The molecular weight excluding hydrogens is 246 g/mol. The fourth-order valence-corrected chi connectivity index (χ4v) is 3.21. The summed E-state index contributed by atoms with van der Waals surface area (Å²) < 4.78 is 0. The van der Waals surface area contributed by atoms with Crippen LogP contribution in [0, 0.1) is 11.3 Å². The van der Waals surface area contributed by atoms with Crippen molar-refractivity contribution in [3.05, 3.63) is 35.9 Å². The highest BCUT2D eigenvalue weighted by Gasteiger charge is 2.36. The van der Waals surface area contributed by atoms with Crippen LogP contribution in [0.5, 0.6) is 0 Å². The molecule has 2 atom stereocenters. The highest BCUT2D eigenvalue weighted by Crippen LogP contribution is 2.29. The molecule has 1 aliphatic carbocycles. The topological polar surface area (TPSA) is 39.1 Å².